The van der Waals surface area contributed by atoms with Crippen molar-refractivity contribution >= 4 is 15.7 Å². The number of nitrogens with zero attached hydrogens (tertiary/aromatic N) is 3. The molecule has 7 heteroatoms. The Morgan fingerprint density at radius 2 is 1.80 bits per heavy atom. The molecule has 1 fully saturated rings. The fourth-order valence-electron chi connectivity index (χ4n) is 2.75. The van der Waals surface area contributed by atoms with E-state index in [2.05, 4.69) is 5.10 Å². The molecule has 2 rings (SSSR count). The molecule has 2 heterocycles. The molecule has 1 atom stereocenters. The third-order valence-corrected chi connectivity index (χ3v) is 5.63. The van der Waals surface area contributed by atoms with E-state index < -0.39 is 9.84 Å². The summed E-state index contributed by atoms with van der Waals surface area (Å²) >= 11 is 0. The molecule has 0 spiro atoms. The van der Waals surface area contributed by atoms with Crippen molar-refractivity contribution in [1.29, 1.82) is 0 Å². The molecule has 1 aromatic rings. The van der Waals surface area contributed by atoms with E-state index >= 15 is 0 Å². The lowest BCUT2D eigenvalue weighted by molar-refractivity contribution is -0.132. The molecule has 1 unspecified atom stereocenters. The van der Waals surface area contributed by atoms with Gasteiger partial charge in [0, 0.05) is 31.4 Å². The Labute approximate surface area is 119 Å². The first-order chi connectivity index (χ1) is 9.23. The third kappa shape index (κ3) is 2.72. The van der Waals surface area contributed by atoms with Gasteiger partial charge in [0.25, 0.3) is 0 Å². The summed E-state index contributed by atoms with van der Waals surface area (Å²) in [6.45, 7) is 6.29. The molecule has 1 amide bonds. The van der Waals surface area contributed by atoms with Gasteiger partial charge in [0.15, 0.2) is 9.84 Å². The van der Waals surface area contributed by atoms with Gasteiger partial charge in [-0.3, -0.25) is 9.48 Å². The summed E-state index contributed by atoms with van der Waals surface area (Å²) in [4.78, 5) is 14.2. The average molecular weight is 299 g/mol. The van der Waals surface area contributed by atoms with E-state index in [1.165, 1.54) is 0 Å². The zero-order valence-electron chi connectivity index (χ0n) is 12.4. The van der Waals surface area contributed by atoms with Gasteiger partial charge < -0.3 is 4.90 Å². The minimum Gasteiger partial charge on any atom is -0.340 e. The second-order valence-corrected chi connectivity index (χ2v) is 7.71. The molecular weight excluding hydrogens is 278 g/mol. The molecule has 0 aliphatic carbocycles. The quantitative estimate of drug-likeness (QED) is 0.792. The van der Waals surface area contributed by atoms with E-state index in [1.54, 1.807) is 9.58 Å². The highest BCUT2D eigenvalue weighted by Crippen LogP contribution is 2.25. The first kappa shape index (κ1) is 15.0. The lowest BCUT2D eigenvalue weighted by atomic mass is 9.97. The van der Waals surface area contributed by atoms with Gasteiger partial charge in [-0.05, 0) is 20.8 Å². The van der Waals surface area contributed by atoms with Crippen molar-refractivity contribution in [2.45, 2.75) is 26.7 Å². The molecular formula is C13H21N3O3S. The van der Waals surface area contributed by atoms with E-state index in [4.69, 9.17) is 0 Å². The van der Waals surface area contributed by atoms with E-state index in [9.17, 15) is 13.2 Å². The zero-order valence-corrected chi connectivity index (χ0v) is 13.2. The van der Waals surface area contributed by atoms with Crippen LogP contribution in [0, 0.1) is 13.8 Å². The fraction of sp³-hybridized carbons (Fsp3) is 0.692. The summed E-state index contributed by atoms with van der Waals surface area (Å²) in [5.41, 5.74) is 2.79. The van der Waals surface area contributed by atoms with Crippen molar-refractivity contribution < 1.29 is 13.2 Å². The maximum atomic E-state index is 12.5. The number of aryl methyl sites for hydroxylation is 2. The number of aromatic nitrogens is 2. The maximum absolute atomic E-state index is 12.5. The molecule has 0 radical (unpaired) electrons. The van der Waals surface area contributed by atoms with Gasteiger partial charge in [-0.1, -0.05) is 0 Å². The number of sulfone groups is 1. The fourth-order valence-corrected chi connectivity index (χ4v) is 3.95. The predicted molar refractivity (Wildman–Crippen MR) is 76.3 cm³/mol. The smallest absolute Gasteiger partial charge is 0.230 e. The van der Waals surface area contributed by atoms with Crippen LogP contribution in [0.3, 0.4) is 0 Å². The van der Waals surface area contributed by atoms with Crippen LogP contribution in [0.1, 0.15) is 29.8 Å². The third-order valence-electron chi connectivity index (χ3n) is 4.02. The van der Waals surface area contributed by atoms with Crippen molar-refractivity contribution in [2.24, 2.45) is 7.05 Å². The molecule has 0 saturated carbocycles. The molecule has 6 nitrogen and oxygen atoms in total. The van der Waals surface area contributed by atoms with Crippen LogP contribution in [0.4, 0.5) is 0 Å². The van der Waals surface area contributed by atoms with Crippen LogP contribution in [-0.2, 0) is 21.7 Å². The molecule has 0 N–H and O–H groups in total. The van der Waals surface area contributed by atoms with Gasteiger partial charge >= 0.3 is 0 Å². The molecule has 0 aromatic carbocycles. The standard InChI is InChI=1S/C13H21N3O3S/c1-9(12-10(2)14-15(4)11(12)3)13(17)16-5-7-20(18,19)8-6-16/h9H,5-8H2,1-4H3. The van der Waals surface area contributed by atoms with Crippen molar-refractivity contribution in [2.75, 3.05) is 24.6 Å². The Kier molecular flexibility index (Phi) is 3.90. The lowest BCUT2D eigenvalue weighted by Crippen LogP contribution is -2.45. The SMILES string of the molecule is Cc1nn(C)c(C)c1C(C)C(=O)N1CCS(=O)(=O)CC1. The largest absolute Gasteiger partial charge is 0.340 e. The minimum absolute atomic E-state index is 0.0147. The molecule has 1 saturated heterocycles. The Hall–Kier alpha value is -1.37. The Morgan fingerprint density at radius 1 is 1.25 bits per heavy atom. The average Bonchev–Trinajstić information content (AvgIpc) is 2.62. The highest BCUT2D eigenvalue weighted by molar-refractivity contribution is 7.91. The summed E-state index contributed by atoms with van der Waals surface area (Å²) in [6, 6.07) is 0. The van der Waals surface area contributed by atoms with Gasteiger partial charge in [-0.15, -0.1) is 0 Å². The number of amides is 1. The zero-order chi connectivity index (χ0) is 15.1. The van der Waals surface area contributed by atoms with Crippen LogP contribution in [-0.4, -0.2) is 53.6 Å². The maximum Gasteiger partial charge on any atom is 0.230 e. The van der Waals surface area contributed by atoms with E-state index in [1.807, 2.05) is 27.8 Å². The minimum atomic E-state index is -2.96. The van der Waals surface area contributed by atoms with Gasteiger partial charge in [0.1, 0.15) is 0 Å². The normalized spacial score (nSPS) is 19.9. The summed E-state index contributed by atoms with van der Waals surface area (Å²) in [5.74, 6) is -0.170. The van der Waals surface area contributed by atoms with E-state index in [-0.39, 0.29) is 23.3 Å². The van der Waals surface area contributed by atoms with E-state index in [0.717, 1.165) is 17.0 Å². The van der Waals surface area contributed by atoms with Crippen molar-refractivity contribution in [3.8, 4) is 0 Å². The Balaban J connectivity index is 2.17. The summed E-state index contributed by atoms with van der Waals surface area (Å²) in [7, 11) is -1.10. The lowest BCUT2D eigenvalue weighted by Gasteiger charge is -2.29. The molecule has 0 bridgehead atoms. The van der Waals surface area contributed by atoms with Gasteiger partial charge in [-0.2, -0.15) is 5.10 Å². The number of carbonyl (C=O) groups excluding carboxylic acids is 1. The van der Waals surface area contributed by atoms with Crippen LogP contribution >= 0.6 is 0 Å². The number of hydrogen-bond donors (Lipinski definition) is 0. The second kappa shape index (κ2) is 5.20. The van der Waals surface area contributed by atoms with Crippen LogP contribution in [0.15, 0.2) is 0 Å². The number of rotatable bonds is 2. The summed E-state index contributed by atoms with van der Waals surface area (Å²) in [5, 5.41) is 4.33. The summed E-state index contributed by atoms with van der Waals surface area (Å²) < 4.78 is 24.6. The number of hydrogen-bond acceptors (Lipinski definition) is 4. The second-order valence-electron chi connectivity index (χ2n) is 5.41. The van der Waals surface area contributed by atoms with Gasteiger partial charge in [-0.25, -0.2) is 8.42 Å². The molecule has 20 heavy (non-hydrogen) atoms. The number of carbonyl (C=O) groups is 1. The Morgan fingerprint density at radius 3 is 2.25 bits per heavy atom. The molecule has 1 aliphatic heterocycles. The topological polar surface area (TPSA) is 72.3 Å². The first-order valence-electron chi connectivity index (χ1n) is 6.72. The van der Waals surface area contributed by atoms with Crippen molar-refractivity contribution in [3.05, 3.63) is 17.0 Å². The van der Waals surface area contributed by atoms with Crippen molar-refractivity contribution in [1.82, 2.24) is 14.7 Å². The highest BCUT2D eigenvalue weighted by atomic mass is 32.2. The van der Waals surface area contributed by atoms with E-state index in [0.29, 0.717) is 13.1 Å². The molecule has 1 aliphatic rings. The highest BCUT2D eigenvalue weighted by Gasteiger charge is 2.30. The van der Waals surface area contributed by atoms with Crippen molar-refractivity contribution in [3.63, 3.8) is 0 Å². The van der Waals surface area contributed by atoms with Crippen LogP contribution in [0.25, 0.3) is 0 Å². The van der Waals surface area contributed by atoms with Crippen LogP contribution in [0.2, 0.25) is 0 Å². The Bertz CT molecular complexity index is 620. The summed E-state index contributed by atoms with van der Waals surface area (Å²) in [6.07, 6.45) is 0. The predicted octanol–water partition coefficient (Wildman–Crippen LogP) is 0.397. The molecule has 1 aromatic heterocycles. The first-order valence-corrected chi connectivity index (χ1v) is 8.54. The van der Waals surface area contributed by atoms with Crippen LogP contribution in [0.5, 0.6) is 0 Å². The monoisotopic (exact) mass is 299 g/mol. The van der Waals surface area contributed by atoms with Crippen LogP contribution < -0.4 is 0 Å². The van der Waals surface area contributed by atoms with Gasteiger partial charge in [0.05, 0.1) is 23.1 Å². The van der Waals surface area contributed by atoms with Gasteiger partial charge in [0.2, 0.25) is 5.91 Å². The molecule has 112 valence electrons.